The van der Waals surface area contributed by atoms with Gasteiger partial charge < -0.3 is 25.7 Å². The molecule has 0 saturated carbocycles. The number of benzene rings is 2. The van der Waals surface area contributed by atoms with Crippen LogP contribution in [-0.4, -0.2) is 58.9 Å². The van der Waals surface area contributed by atoms with Crippen LogP contribution < -0.4 is 11.1 Å². The summed E-state index contributed by atoms with van der Waals surface area (Å²) in [5.74, 6) is -1.74. The Morgan fingerprint density at radius 2 is 1.81 bits per heavy atom. The van der Waals surface area contributed by atoms with Crippen LogP contribution in [0.2, 0.25) is 0 Å². The monoisotopic (exact) mass is 580 g/mol. The molecule has 42 heavy (non-hydrogen) atoms. The number of nitrogens with one attached hydrogen (secondary N) is 2. The van der Waals surface area contributed by atoms with Crippen LogP contribution >= 0.6 is 0 Å². The molecule has 1 aromatic heterocycles. The van der Waals surface area contributed by atoms with Gasteiger partial charge in [-0.3, -0.25) is 14.4 Å². The molecule has 5 rings (SSSR count). The average Bonchev–Trinajstić information content (AvgIpc) is 3.45. The number of carbonyl (C=O) groups is 3. The fraction of sp³-hybridized carbons (Fsp3) is 0.469. The van der Waals surface area contributed by atoms with Crippen molar-refractivity contribution in [3.63, 3.8) is 0 Å². The third-order valence-corrected chi connectivity index (χ3v) is 8.67. The lowest BCUT2D eigenvalue weighted by Gasteiger charge is -2.41. The molecule has 10 heteroatoms. The van der Waals surface area contributed by atoms with Gasteiger partial charge in [-0.1, -0.05) is 6.07 Å². The zero-order valence-corrected chi connectivity index (χ0v) is 24.3. The van der Waals surface area contributed by atoms with E-state index in [4.69, 9.17) is 10.5 Å². The minimum absolute atomic E-state index is 0.0763. The summed E-state index contributed by atoms with van der Waals surface area (Å²) >= 11 is 0. The zero-order valence-electron chi connectivity index (χ0n) is 24.3. The second kappa shape index (κ2) is 11.5. The van der Waals surface area contributed by atoms with Crippen molar-refractivity contribution in [1.82, 2.24) is 15.2 Å². The molecule has 0 radical (unpaired) electrons. The first-order valence-corrected chi connectivity index (χ1v) is 14.5. The topological polar surface area (TPSA) is 118 Å². The van der Waals surface area contributed by atoms with Gasteiger partial charge in [0.25, 0.3) is 0 Å². The number of H-pyrrole nitrogens is 1. The van der Waals surface area contributed by atoms with E-state index in [1.165, 1.54) is 18.2 Å². The van der Waals surface area contributed by atoms with E-state index in [1.807, 2.05) is 0 Å². The SMILES string of the molecule is CCOC(=O)CC1CC2(CCN(C(=O)[C@@H](Cc3cc4cc(F)ccc4[nH]3)NC(=O)C(C)(C)N)CC2)c2cc(F)ccc21. The molecule has 2 heterocycles. The summed E-state index contributed by atoms with van der Waals surface area (Å²) in [4.78, 5) is 44.1. The molecule has 1 aliphatic carbocycles. The molecule has 0 bridgehead atoms. The van der Waals surface area contributed by atoms with Crippen molar-refractivity contribution < 1.29 is 27.9 Å². The van der Waals surface area contributed by atoms with Crippen LogP contribution in [0.5, 0.6) is 0 Å². The van der Waals surface area contributed by atoms with Gasteiger partial charge in [0.05, 0.1) is 18.6 Å². The third-order valence-electron chi connectivity index (χ3n) is 8.67. The lowest BCUT2D eigenvalue weighted by atomic mass is 9.73. The number of halogens is 2. The minimum atomic E-state index is -1.19. The van der Waals surface area contributed by atoms with Crippen LogP contribution in [0.3, 0.4) is 0 Å². The lowest BCUT2D eigenvalue weighted by Crippen LogP contribution is -2.58. The quantitative estimate of drug-likeness (QED) is 0.345. The van der Waals surface area contributed by atoms with Crippen molar-refractivity contribution in [2.24, 2.45) is 5.73 Å². The largest absolute Gasteiger partial charge is 0.466 e. The Kier molecular flexibility index (Phi) is 8.11. The molecule has 2 amide bonds. The number of aromatic nitrogens is 1. The summed E-state index contributed by atoms with van der Waals surface area (Å²) < 4.78 is 33.4. The predicted molar refractivity (Wildman–Crippen MR) is 155 cm³/mol. The first-order chi connectivity index (χ1) is 19.9. The van der Waals surface area contributed by atoms with Crippen LogP contribution in [0.4, 0.5) is 8.78 Å². The van der Waals surface area contributed by atoms with Crippen LogP contribution in [0.25, 0.3) is 10.9 Å². The molecule has 1 aliphatic heterocycles. The zero-order chi connectivity index (χ0) is 30.2. The molecule has 2 atom stereocenters. The molecule has 2 aromatic carbocycles. The van der Waals surface area contributed by atoms with E-state index in [1.54, 1.807) is 49.9 Å². The summed E-state index contributed by atoms with van der Waals surface area (Å²) in [6, 6.07) is 10.1. The number of amides is 2. The highest BCUT2D eigenvalue weighted by atomic mass is 19.1. The first kappa shape index (κ1) is 29.7. The van der Waals surface area contributed by atoms with Gasteiger partial charge in [0.2, 0.25) is 11.8 Å². The van der Waals surface area contributed by atoms with Gasteiger partial charge in [-0.25, -0.2) is 8.78 Å². The lowest BCUT2D eigenvalue weighted by molar-refractivity contribution is -0.143. The highest BCUT2D eigenvalue weighted by Crippen LogP contribution is 2.53. The van der Waals surface area contributed by atoms with E-state index in [-0.39, 0.29) is 47.7 Å². The molecular weight excluding hydrogens is 542 g/mol. The highest BCUT2D eigenvalue weighted by molar-refractivity contribution is 5.92. The molecule has 1 fully saturated rings. The van der Waals surface area contributed by atoms with E-state index in [2.05, 4.69) is 10.3 Å². The van der Waals surface area contributed by atoms with Crippen molar-refractivity contribution >= 4 is 28.7 Å². The number of fused-ring (bicyclic) bond motifs is 3. The minimum Gasteiger partial charge on any atom is -0.466 e. The van der Waals surface area contributed by atoms with E-state index in [0.29, 0.717) is 50.0 Å². The van der Waals surface area contributed by atoms with Gasteiger partial charge in [0, 0.05) is 36.1 Å². The Labute approximate surface area is 244 Å². The first-order valence-electron chi connectivity index (χ1n) is 14.5. The Morgan fingerprint density at radius 3 is 2.50 bits per heavy atom. The maximum absolute atomic E-state index is 14.4. The van der Waals surface area contributed by atoms with Gasteiger partial charge in [-0.05, 0) is 98.9 Å². The third kappa shape index (κ3) is 6.04. The van der Waals surface area contributed by atoms with Crippen LogP contribution in [0, 0.1) is 11.6 Å². The van der Waals surface area contributed by atoms with Crippen LogP contribution in [0.1, 0.15) is 69.2 Å². The Hall–Kier alpha value is -3.79. The second-order valence-electron chi connectivity index (χ2n) is 12.2. The smallest absolute Gasteiger partial charge is 0.306 e. The average molecular weight is 581 g/mol. The Balaban J connectivity index is 1.35. The molecule has 1 saturated heterocycles. The summed E-state index contributed by atoms with van der Waals surface area (Å²) in [5, 5.41) is 3.51. The number of nitrogens with zero attached hydrogens (tertiary/aromatic N) is 1. The van der Waals surface area contributed by atoms with Gasteiger partial charge in [-0.2, -0.15) is 0 Å². The molecule has 8 nitrogen and oxygen atoms in total. The molecule has 3 aromatic rings. The molecule has 2 aliphatic rings. The number of aromatic amines is 1. The predicted octanol–water partition coefficient (Wildman–Crippen LogP) is 4.21. The number of rotatable bonds is 8. The van der Waals surface area contributed by atoms with Crippen molar-refractivity contribution in [1.29, 1.82) is 0 Å². The maximum Gasteiger partial charge on any atom is 0.306 e. The normalized spacial score (nSPS) is 18.6. The number of likely N-dealkylation sites (tertiary alicyclic amines) is 1. The van der Waals surface area contributed by atoms with Crippen molar-refractivity contribution in [2.75, 3.05) is 19.7 Å². The fourth-order valence-electron chi connectivity index (χ4n) is 6.53. The number of piperidine rings is 1. The molecule has 224 valence electrons. The van der Waals surface area contributed by atoms with Crippen molar-refractivity contribution in [3.8, 4) is 0 Å². The molecule has 1 spiro atoms. The van der Waals surface area contributed by atoms with Gasteiger partial charge >= 0.3 is 5.97 Å². The molecular formula is C32H38F2N4O4. The number of carbonyl (C=O) groups excluding carboxylic acids is 3. The van der Waals surface area contributed by atoms with Gasteiger partial charge in [-0.15, -0.1) is 0 Å². The number of hydrogen-bond donors (Lipinski definition) is 3. The molecule has 4 N–H and O–H groups in total. The number of nitrogens with two attached hydrogens (primary N) is 1. The van der Waals surface area contributed by atoms with E-state index in [9.17, 15) is 23.2 Å². The maximum atomic E-state index is 14.4. The van der Waals surface area contributed by atoms with Crippen LogP contribution in [-0.2, 0) is 31.0 Å². The highest BCUT2D eigenvalue weighted by Gasteiger charge is 2.47. The fourth-order valence-corrected chi connectivity index (χ4v) is 6.53. The second-order valence-corrected chi connectivity index (χ2v) is 12.2. The van der Waals surface area contributed by atoms with E-state index >= 15 is 0 Å². The summed E-state index contributed by atoms with van der Waals surface area (Å²) in [6.07, 6.45) is 2.29. The summed E-state index contributed by atoms with van der Waals surface area (Å²) in [6.45, 7) is 6.05. The number of hydrogen-bond acceptors (Lipinski definition) is 5. The van der Waals surface area contributed by atoms with Crippen molar-refractivity contribution in [3.05, 3.63) is 70.9 Å². The Bertz CT molecular complexity index is 1500. The van der Waals surface area contributed by atoms with Gasteiger partial charge in [0.15, 0.2) is 0 Å². The summed E-state index contributed by atoms with van der Waals surface area (Å²) in [7, 11) is 0. The van der Waals surface area contributed by atoms with E-state index in [0.717, 1.165) is 16.6 Å². The van der Waals surface area contributed by atoms with Crippen LogP contribution in [0.15, 0.2) is 42.5 Å². The number of ether oxygens (including phenoxy) is 1. The summed E-state index contributed by atoms with van der Waals surface area (Å²) in [5.41, 5.74) is 7.76. The number of esters is 1. The van der Waals surface area contributed by atoms with Crippen molar-refractivity contribution in [2.45, 2.75) is 75.8 Å². The van der Waals surface area contributed by atoms with Gasteiger partial charge in [0.1, 0.15) is 17.7 Å². The van der Waals surface area contributed by atoms with E-state index < -0.39 is 17.5 Å². The standard InChI is InChI=1S/C32H38F2N4O4/c1-4-42-28(39)15-20-18-32(25-16-22(34)5-7-24(20)25)9-11-38(12-10-32)29(40)27(37-30(41)31(2,3)35)17-23-14-19-13-21(33)6-8-26(19)36-23/h5-8,13-14,16,20,27,36H,4,9-12,15,17-18,35H2,1-3H3,(H,37,41)/t20?,27-/m1/s1. The Morgan fingerprint density at radius 1 is 1.12 bits per heavy atom. The molecule has 1 unspecified atom stereocenters.